The van der Waals surface area contributed by atoms with Crippen molar-refractivity contribution < 1.29 is 44.1 Å². The van der Waals surface area contributed by atoms with Crippen molar-refractivity contribution in [2.24, 2.45) is 0 Å². The minimum atomic E-state index is -0.750. The van der Waals surface area contributed by atoms with Gasteiger partial charge in [-0.2, -0.15) is 0 Å². The summed E-state index contributed by atoms with van der Waals surface area (Å²) in [4.78, 5) is 9.86. The number of ether oxygens (including phenoxy) is 2. The molecule has 2 fully saturated rings. The van der Waals surface area contributed by atoms with E-state index in [1.165, 1.54) is 126 Å². The minimum absolute atomic E-state index is 0. The number of aryl methyl sites for hydroxylation is 2. The molecule has 2 aromatic heterocycles. The van der Waals surface area contributed by atoms with Crippen LogP contribution >= 0.6 is 23.9 Å². The number of imidazole rings is 2. The Kier molecular flexibility index (Phi) is 27.8. The maximum absolute atomic E-state index is 10.1. The molecule has 0 bridgehead atoms. The topological polar surface area (TPSA) is 77.2 Å². The van der Waals surface area contributed by atoms with E-state index in [2.05, 4.69) is 276 Å². The molecule has 10 aromatic rings. The van der Waals surface area contributed by atoms with Crippen LogP contribution in [-0.2, 0) is 0 Å². The molecule has 2 aliphatic rings. The van der Waals surface area contributed by atoms with Gasteiger partial charge in [0.2, 0.25) is 0 Å². The Bertz CT molecular complexity index is 3940. The number of hydrogen-bond donors (Lipinski definition) is 0. The van der Waals surface area contributed by atoms with Crippen LogP contribution in [0, 0.1) is 13.8 Å². The predicted molar refractivity (Wildman–Crippen MR) is 407 cm³/mol. The monoisotopic (exact) mass is 1370 g/mol. The Morgan fingerprint density at radius 2 is 0.833 bits per heavy atom. The van der Waals surface area contributed by atoms with Gasteiger partial charge in [-0.15, -0.1) is 5.60 Å². The van der Waals surface area contributed by atoms with Crippen LogP contribution < -0.4 is 49.4 Å². The molecule has 12 rings (SSSR count). The molecular formula is C86H103BrN4NaO3P. The van der Waals surface area contributed by atoms with Crippen LogP contribution in [0.5, 0.6) is 11.5 Å². The second kappa shape index (κ2) is 35.4. The summed E-state index contributed by atoms with van der Waals surface area (Å²) in [6.45, 7) is 27.3. The van der Waals surface area contributed by atoms with Gasteiger partial charge in [-0.25, -0.2) is 9.97 Å². The molecule has 8 aromatic carbocycles. The van der Waals surface area contributed by atoms with Crippen molar-refractivity contribution in [1.82, 2.24) is 19.1 Å². The summed E-state index contributed by atoms with van der Waals surface area (Å²) in [5.74, 6) is 5.34. The summed E-state index contributed by atoms with van der Waals surface area (Å²) in [6, 6.07) is 67.1. The van der Waals surface area contributed by atoms with Crippen LogP contribution in [0.2, 0.25) is 0 Å². The SMILES string of the molecule is CC(C)(C)[O-].COc1cccc(OC)c1-c1ccccc1P(C1CCCCC1)C1CCCCC1.Cc1cn(-c2c(C(C)C)cc(-c3ccccc3)cc2C(C)C)c(-c2ccccc2)n1.Cc1nc(-c2ccccc2)n(-c2c(C(C)C)cc(-c3ccccc3)cc2C(C)C)c1Br.[Na+]. The number of methoxy groups -OCH3 is 2. The van der Waals surface area contributed by atoms with Crippen LogP contribution in [0.1, 0.15) is 198 Å². The van der Waals surface area contributed by atoms with E-state index in [0.717, 1.165) is 67.1 Å². The molecule has 498 valence electrons. The van der Waals surface area contributed by atoms with Crippen molar-refractivity contribution in [2.45, 2.75) is 195 Å². The summed E-state index contributed by atoms with van der Waals surface area (Å²) < 4.78 is 17.2. The van der Waals surface area contributed by atoms with Gasteiger partial charge in [0.25, 0.3) is 0 Å². The van der Waals surface area contributed by atoms with Crippen LogP contribution in [0.25, 0.3) is 67.5 Å². The number of halogens is 1. The number of nitrogens with zero attached hydrogens (tertiary/aromatic N) is 4. The standard InChI is InChI=1S/C28H29BrN2.C28H30N2.C26H35O2P.C4H9O.Na/c1-18(2)24-16-23(21-12-8-6-9-13-21)17-25(19(3)4)26(24)31-27(29)20(5)30-28(31)22-14-10-7-11-15-22;1-19(2)25-16-24(22-12-8-6-9-13-22)17-26(20(3)4)27(25)30-18-21(5)29-28(30)23-14-10-7-11-15-23;1-27-23-17-11-18-24(28-2)26(23)22-16-9-10-19-25(22)29(20-12-5-3-6-13-20)21-14-7-4-8-15-21;1-4(2,3)5;/h6-19H,1-5H3;6-20H,1-5H3;9-11,16-21H,3-8,12-15H2,1-2H3;1-3H3;/q;;;-1;+1. The van der Waals surface area contributed by atoms with Gasteiger partial charge in [0.05, 0.1) is 42.5 Å². The molecular weight excluding hydrogens is 1270 g/mol. The van der Waals surface area contributed by atoms with Crippen LogP contribution in [0.4, 0.5) is 0 Å². The van der Waals surface area contributed by atoms with Gasteiger partial charge in [0, 0.05) is 17.3 Å². The van der Waals surface area contributed by atoms with Crippen molar-refractivity contribution in [2.75, 3.05) is 14.2 Å². The number of hydrogen-bond acceptors (Lipinski definition) is 5. The largest absolute Gasteiger partial charge is 1.00 e. The first kappa shape index (κ1) is 75.4. The van der Waals surface area contributed by atoms with Gasteiger partial charge in [0.15, 0.2) is 0 Å². The van der Waals surface area contributed by atoms with Gasteiger partial charge in [0.1, 0.15) is 27.8 Å². The zero-order valence-corrected chi connectivity index (χ0v) is 64.8. The van der Waals surface area contributed by atoms with Crippen molar-refractivity contribution in [3.05, 3.63) is 232 Å². The van der Waals surface area contributed by atoms with E-state index >= 15 is 0 Å². The fraction of sp³-hybridized carbons (Fsp3) is 0.372. The Morgan fingerprint density at radius 1 is 0.469 bits per heavy atom. The Balaban J connectivity index is 0.000000177. The Hall–Kier alpha value is -6.35. The van der Waals surface area contributed by atoms with E-state index in [1.54, 1.807) is 40.3 Å². The molecule has 2 saturated carbocycles. The predicted octanol–water partition coefficient (Wildman–Crippen LogP) is 20.6. The minimum Gasteiger partial charge on any atom is -0.850 e. The third-order valence-corrected chi connectivity index (χ3v) is 22.7. The second-order valence-corrected chi connectivity index (χ2v) is 31.5. The molecule has 96 heavy (non-hydrogen) atoms. The van der Waals surface area contributed by atoms with E-state index < -0.39 is 5.60 Å². The summed E-state index contributed by atoms with van der Waals surface area (Å²) in [5, 5.41) is 11.7. The quantitative estimate of drug-likeness (QED) is 0.0712. The summed E-state index contributed by atoms with van der Waals surface area (Å²) >= 11 is 3.87. The maximum Gasteiger partial charge on any atom is 1.00 e. The van der Waals surface area contributed by atoms with Gasteiger partial charge < -0.3 is 14.6 Å². The average molecular weight is 1370 g/mol. The molecule has 0 unspecified atom stereocenters. The molecule has 7 nitrogen and oxygen atoms in total. The van der Waals surface area contributed by atoms with Crippen molar-refractivity contribution >= 4 is 29.2 Å². The molecule has 2 aliphatic carbocycles. The third-order valence-electron chi connectivity index (χ3n) is 18.2. The smallest absolute Gasteiger partial charge is 0.850 e. The average Bonchev–Trinajstić information content (AvgIpc) is 1.45. The molecule has 0 radical (unpaired) electrons. The van der Waals surface area contributed by atoms with E-state index in [9.17, 15) is 5.11 Å². The van der Waals surface area contributed by atoms with E-state index in [4.69, 9.17) is 19.4 Å². The summed E-state index contributed by atoms with van der Waals surface area (Å²) in [5.41, 5.74) is 20.7. The van der Waals surface area contributed by atoms with Gasteiger partial charge >= 0.3 is 29.6 Å². The van der Waals surface area contributed by atoms with Gasteiger partial charge in [-0.3, -0.25) is 9.13 Å². The first-order chi connectivity index (χ1) is 45.7. The zero-order valence-electron chi connectivity index (χ0n) is 60.3. The summed E-state index contributed by atoms with van der Waals surface area (Å²) in [7, 11) is 3.36. The van der Waals surface area contributed by atoms with Crippen molar-refractivity contribution in [3.8, 4) is 79.0 Å². The first-order valence-corrected chi connectivity index (χ1v) is 37.1. The number of aromatic nitrogens is 4. The van der Waals surface area contributed by atoms with E-state index in [0.29, 0.717) is 23.7 Å². The molecule has 0 spiro atoms. The fourth-order valence-electron chi connectivity index (χ4n) is 13.6. The normalized spacial score (nSPS) is 13.6. The van der Waals surface area contributed by atoms with Gasteiger partial charge in [-0.05, 0) is 182 Å². The van der Waals surface area contributed by atoms with E-state index in [-0.39, 0.29) is 37.5 Å². The number of benzene rings is 8. The zero-order chi connectivity index (χ0) is 67.9. The Morgan fingerprint density at radius 3 is 1.23 bits per heavy atom. The second-order valence-electron chi connectivity index (χ2n) is 28.0. The summed E-state index contributed by atoms with van der Waals surface area (Å²) in [6.07, 6.45) is 16.3. The molecule has 0 atom stereocenters. The third kappa shape index (κ3) is 18.9. The molecule has 0 N–H and O–H groups in total. The van der Waals surface area contributed by atoms with Crippen molar-refractivity contribution in [3.63, 3.8) is 0 Å². The molecule has 0 aliphatic heterocycles. The molecule has 0 saturated heterocycles. The van der Waals surface area contributed by atoms with Crippen LogP contribution in [0.3, 0.4) is 0 Å². The van der Waals surface area contributed by atoms with Crippen LogP contribution in [0.15, 0.2) is 199 Å². The van der Waals surface area contributed by atoms with Crippen molar-refractivity contribution in [1.29, 1.82) is 0 Å². The molecule has 0 amide bonds. The number of rotatable bonds is 16. The maximum atomic E-state index is 10.1. The molecule has 10 heteroatoms. The van der Waals surface area contributed by atoms with Crippen LogP contribution in [-0.4, -0.2) is 50.2 Å². The van der Waals surface area contributed by atoms with E-state index in [1.807, 2.05) is 12.1 Å². The Labute approximate surface area is 608 Å². The fourth-order valence-corrected chi connectivity index (χ4v) is 18.0. The first-order valence-electron chi connectivity index (χ1n) is 34.8. The molecule has 2 heterocycles. The van der Waals surface area contributed by atoms with Gasteiger partial charge in [-0.1, -0.05) is 274 Å².